The van der Waals surface area contributed by atoms with Gasteiger partial charge in [-0.1, -0.05) is 80.7 Å². The van der Waals surface area contributed by atoms with Gasteiger partial charge in [-0.15, -0.1) is 10.2 Å². The smallest absolute Gasteiger partial charge is 0.0829 e. The third kappa shape index (κ3) is 12.6. The summed E-state index contributed by atoms with van der Waals surface area (Å²) >= 11 is 0. The number of hydrogen-bond donors (Lipinski definition) is 0. The van der Waals surface area contributed by atoms with Crippen molar-refractivity contribution in [3.05, 3.63) is 23.8 Å². The van der Waals surface area contributed by atoms with Gasteiger partial charge >= 0.3 is 0 Å². The molecule has 2 aromatic heterocycles. The first kappa shape index (κ1) is 28.5. The Labute approximate surface area is 174 Å². The van der Waals surface area contributed by atoms with E-state index in [2.05, 4.69) is 88.4 Å². The lowest BCUT2D eigenvalue weighted by molar-refractivity contribution is 0.472. The Morgan fingerprint density at radius 1 is 0.607 bits per heavy atom. The summed E-state index contributed by atoms with van der Waals surface area (Å²) in [6.45, 7) is 19.4. The number of hydrogen-bond acceptors (Lipinski definition) is 4. The maximum atomic E-state index is 4.12. The molecule has 2 heterocycles. The molecule has 6 nitrogen and oxygen atoms in total. The second kappa shape index (κ2) is 14.3. The van der Waals surface area contributed by atoms with Gasteiger partial charge in [0.15, 0.2) is 0 Å². The Hall–Kier alpha value is -1.72. The Balaban J connectivity index is 0. The van der Waals surface area contributed by atoms with E-state index < -0.39 is 0 Å². The van der Waals surface area contributed by atoms with Gasteiger partial charge in [-0.05, 0) is 36.5 Å². The molecule has 0 aromatic carbocycles. The molecule has 0 aliphatic rings. The van der Waals surface area contributed by atoms with Gasteiger partial charge < -0.3 is 0 Å². The largest absolute Gasteiger partial charge is 0.252 e. The molecule has 0 fully saturated rings. The molecular formula is C22H46N6. The van der Waals surface area contributed by atoms with Crippen LogP contribution in [0.5, 0.6) is 0 Å². The lowest BCUT2D eigenvalue weighted by atomic mass is 10.1. The summed E-state index contributed by atoms with van der Waals surface area (Å²) in [6.07, 6.45) is 6.16. The van der Waals surface area contributed by atoms with Crippen LogP contribution >= 0.6 is 0 Å². The van der Waals surface area contributed by atoms with Crippen molar-refractivity contribution in [2.24, 2.45) is 23.7 Å². The monoisotopic (exact) mass is 394 g/mol. The predicted molar refractivity (Wildman–Crippen MR) is 120 cm³/mol. The van der Waals surface area contributed by atoms with Crippen LogP contribution in [0.2, 0.25) is 0 Å². The molecule has 0 aliphatic carbocycles. The minimum absolute atomic E-state index is 0. The van der Waals surface area contributed by atoms with E-state index in [1.165, 1.54) is 0 Å². The zero-order valence-corrected chi connectivity index (χ0v) is 18.0. The molecular weight excluding hydrogens is 348 g/mol. The second-order valence-electron chi connectivity index (χ2n) is 8.85. The Bertz CT molecular complexity index is 507. The molecule has 2 aromatic rings. The van der Waals surface area contributed by atoms with Crippen LogP contribution in [0.3, 0.4) is 0 Å². The van der Waals surface area contributed by atoms with Gasteiger partial charge in [0.1, 0.15) is 0 Å². The van der Waals surface area contributed by atoms with Crippen molar-refractivity contribution in [1.29, 1.82) is 0 Å². The van der Waals surface area contributed by atoms with Crippen molar-refractivity contribution in [2.45, 2.75) is 96.2 Å². The van der Waals surface area contributed by atoms with Gasteiger partial charge in [0.2, 0.25) is 0 Å². The molecule has 0 spiro atoms. The van der Waals surface area contributed by atoms with E-state index >= 15 is 0 Å². The number of rotatable bonds is 8. The molecule has 0 bridgehead atoms. The van der Waals surface area contributed by atoms with Crippen LogP contribution in [0.15, 0.2) is 12.4 Å². The summed E-state index contributed by atoms with van der Waals surface area (Å²) in [6, 6.07) is 0. The Morgan fingerprint density at radius 2 is 0.929 bits per heavy atom. The zero-order valence-electron chi connectivity index (χ0n) is 18.0. The summed E-state index contributed by atoms with van der Waals surface area (Å²) in [5.74, 6) is 2.58. The highest BCUT2D eigenvalue weighted by atomic mass is 15.4. The molecule has 0 saturated heterocycles. The molecule has 0 aliphatic heterocycles. The molecule has 0 unspecified atom stereocenters. The second-order valence-corrected chi connectivity index (χ2v) is 8.85. The molecule has 2 rings (SSSR count). The van der Waals surface area contributed by atoms with E-state index in [-0.39, 0.29) is 14.9 Å². The van der Waals surface area contributed by atoms with Crippen LogP contribution in [-0.2, 0) is 25.9 Å². The minimum atomic E-state index is 0. The maximum Gasteiger partial charge on any atom is 0.0829 e. The lowest BCUT2D eigenvalue weighted by Gasteiger charge is -2.02. The van der Waals surface area contributed by atoms with E-state index in [1.54, 1.807) is 0 Å². The highest BCUT2D eigenvalue weighted by molar-refractivity contribution is 4.93. The molecule has 0 atom stereocenters. The molecule has 0 radical (unpaired) electrons. The van der Waals surface area contributed by atoms with Crippen molar-refractivity contribution in [3.8, 4) is 0 Å². The summed E-state index contributed by atoms with van der Waals surface area (Å²) in [4.78, 5) is 0. The first-order chi connectivity index (χ1) is 12.2. The van der Waals surface area contributed by atoms with Gasteiger partial charge in [0.25, 0.3) is 0 Å². The van der Waals surface area contributed by atoms with Crippen molar-refractivity contribution < 1.29 is 0 Å². The summed E-state index contributed by atoms with van der Waals surface area (Å²) in [5, 5.41) is 16.4. The third-order valence-electron chi connectivity index (χ3n) is 3.51. The van der Waals surface area contributed by atoms with Crippen LogP contribution in [0, 0.1) is 23.7 Å². The minimum Gasteiger partial charge on any atom is -0.252 e. The standard InChI is InChI=1S/2C10H19N3.2CH4/c2*1-8(2)5-10-7-13(12-11-10)6-9(3)4;;/h2*7-9H,5-6H2,1-4H3;2*1H4. The van der Waals surface area contributed by atoms with E-state index in [1.807, 2.05) is 9.36 Å². The quantitative estimate of drug-likeness (QED) is 0.590. The molecule has 0 saturated carbocycles. The van der Waals surface area contributed by atoms with Gasteiger partial charge in [-0.25, -0.2) is 0 Å². The lowest BCUT2D eigenvalue weighted by Crippen LogP contribution is -2.04. The fourth-order valence-corrected chi connectivity index (χ4v) is 2.63. The third-order valence-corrected chi connectivity index (χ3v) is 3.51. The Kier molecular flexibility index (Phi) is 14.6. The normalized spacial score (nSPS) is 10.7. The van der Waals surface area contributed by atoms with Crippen molar-refractivity contribution in [1.82, 2.24) is 30.0 Å². The predicted octanol–water partition coefficient (Wildman–Crippen LogP) is 5.54. The average Bonchev–Trinajstić information content (AvgIpc) is 3.07. The van der Waals surface area contributed by atoms with Crippen LogP contribution in [-0.4, -0.2) is 30.0 Å². The Morgan fingerprint density at radius 3 is 1.18 bits per heavy atom. The van der Waals surface area contributed by atoms with E-state index in [0.29, 0.717) is 23.7 Å². The maximum absolute atomic E-state index is 4.12. The van der Waals surface area contributed by atoms with Gasteiger partial charge in [-0.2, -0.15) is 0 Å². The number of nitrogens with zero attached hydrogens (tertiary/aromatic N) is 6. The zero-order chi connectivity index (χ0) is 19.7. The van der Waals surface area contributed by atoms with Crippen LogP contribution < -0.4 is 0 Å². The highest BCUT2D eigenvalue weighted by Gasteiger charge is 2.05. The highest BCUT2D eigenvalue weighted by Crippen LogP contribution is 2.06. The SMILES string of the molecule is C.C.CC(C)Cc1cn(CC(C)C)nn1.CC(C)Cc1cn(CC(C)C)nn1. The van der Waals surface area contributed by atoms with Crippen molar-refractivity contribution in [2.75, 3.05) is 0 Å². The molecule has 0 N–H and O–H groups in total. The average molecular weight is 395 g/mol. The van der Waals surface area contributed by atoms with Gasteiger partial charge in [-0.3, -0.25) is 9.36 Å². The first-order valence-electron chi connectivity index (χ1n) is 9.93. The van der Waals surface area contributed by atoms with E-state index in [0.717, 1.165) is 37.3 Å². The fraction of sp³-hybridized carbons (Fsp3) is 0.818. The first-order valence-corrected chi connectivity index (χ1v) is 9.93. The molecule has 0 amide bonds. The topological polar surface area (TPSA) is 61.4 Å². The summed E-state index contributed by atoms with van der Waals surface area (Å²) in [7, 11) is 0. The van der Waals surface area contributed by atoms with E-state index in [9.17, 15) is 0 Å². The molecule has 28 heavy (non-hydrogen) atoms. The van der Waals surface area contributed by atoms with Crippen molar-refractivity contribution >= 4 is 0 Å². The fourth-order valence-electron chi connectivity index (χ4n) is 2.63. The summed E-state index contributed by atoms with van der Waals surface area (Å²) in [5.41, 5.74) is 2.21. The molecule has 164 valence electrons. The molecule has 6 heteroatoms. The van der Waals surface area contributed by atoms with Crippen molar-refractivity contribution in [3.63, 3.8) is 0 Å². The summed E-state index contributed by atoms with van der Waals surface area (Å²) < 4.78 is 3.87. The van der Waals surface area contributed by atoms with Crippen LogP contribution in [0.4, 0.5) is 0 Å². The van der Waals surface area contributed by atoms with Crippen LogP contribution in [0.1, 0.15) is 81.6 Å². The van der Waals surface area contributed by atoms with E-state index in [4.69, 9.17) is 0 Å². The van der Waals surface area contributed by atoms with Gasteiger partial charge in [0, 0.05) is 25.5 Å². The van der Waals surface area contributed by atoms with Gasteiger partial charge in [0.05, 0.1) is 11.4 Å². The van der Waals surface area contributed by atoms with Crippen LogP contribution in [0.25, 0.3) is 0 Å². The number of aromatic nitrogens is 6.